The highest BCUT2D eigenvalue weighted by Gasteiger charge is 2.20. The van der Waals surface area contributed by atoms with Gasteiger partial charge in [-0.15, -0.1) is 0 Å². The monoisotopic (exact) mass is 426 g/mol. The smallest absolute Gasteiger partial charge is 0.244 e. The summed E-state index contributed by atoms with van der Waals surface area (Å²) in [4.78, 5) is 45.6. The number of rotatable bonds is 23. The molecule has 0 aliphatic heterocycles. The lowest BCUT2D eigenvalue weighted by Crippen LogP contribution is -2.50. The van der Waals surface area contributed by atoms with Crippen LogP contribution in [0.3, 0.4) is 0 Å². The number of nitrogens with two attached hydrogens (primary N) is 2. The molecule has 30 heavy (non-hydrogen) atoms. The molecule has 0 rings (SSSR count). The number of carbonyl (C=O) groups excluding carboxylic acids is 4. The zero-order valence-electron chi connectivity index (χ0n) is 18.5. The molecule has 0 atom stereocenters. The first-order valence-corrected chi connectivity index (χ1v) is 11.4. The molecular weight excluding hydrogens is 384 g/mol. The summed E-state index contributed by atoms with van der Waals surface area (Å²) in [6, 6.07) is -1.11. The lowest BCUT2D eigenvalue weighted by molar-refractivity contribution is -0.129. The maximum absolute atomic E-state index is 11.2. The molecule has 0 aliphatic rings. The van der Waals surface area contributed by atoms with Crippen LogP contribution in [0, 0.1) is 0 Å². The van der Waals surface area contributed by atoms with E-state index < -0.39 is 17.9 Å². The summed E-state index contributed by atoms with van der Waals surface area (Å²) < 4.78 is 0. The summed E-state index contributed by atoms with van der Waals surface area (Å²) >= 11 is 0. The van der Waals surface area contributed by atoms with E-state index in [1.54, 1.807) is 0 Å². The maximum atomic E-state index is 11.2. The van der Waals surface area contributed by atoms with Gasteiger partial charge in [-0.2, -0.15) is 0 Å². The van der Waals surface area contributed by atoms with Gasteiger partial charge in [-0.25, -0.2) is 0 Å². The molecule has 0 bridgehead atoms. The van der Waals surface area contributed by atoms with Gasteiger partial charge >= 0.3 is 0 Å². The van der Waals surface area contributed by atoms with Crippen LogP contribution in [0.5, 0.6) is 0 Å². The number of nitrogens with zero attached hydrogens (tertiary/aromatic N) is 1. The maximum Gasteiger partial charge on any atom is 0.244 e. The number of carbonyl (C=O) groups is 4. The summed E-state index contributed by atoms with van der Waals surface area (Å²) in [6.45, 7) is 3.43. The van der Waals surface area contributed by atoms with Crippen molar-refractivity contribution < 1.29 is 19.2 Å². The molecule has 0 aliphatic carbocycles. The van der Waals surface area contributed by atoms with Crippen LogP contribution < -0.4 is 16.8 Å². The topological polar surface area (TPSA) is 136 Å². The molecule has 0 aromatic carbocycles. The third-order valence-corrected chi connectivity index (χ3v) is 5.16. The molecule has 0 saturated carbocycles. The van der Waals surface area contributed by atoms with Crippen molar-refractivity contribution in [1.29, 1.82) is 0 Å². The van der Waals surface area contributed by atoms with E-state index >= 15 is 0 Å². The molecule has 0 fully saturated rings. The molecular formula is C22H42N4O4. The van der Waals surface area contributed by atoms with Crippen molar-refractivity contribution in [3.05, 3.63) is 0 Å². The van der Waals surface area contributed by atoms with E-state index in [2.05, 4.69) is 10.2 Å². The molecule has 0 aromatic heterocycles. The van der Waals surface area contributed by atoms with E-state index in [-0.39, 0.29) is 0 Å². The van der Waals surface area contributed by atoms with Gasteiger partial charge in [0.15, 0.2) is 6.04 Å². The molecule has 174 valence electrons. The van der Waals surface area contributed by atoms with Gasteiger partial charge in [0, 0.05) is 12.8 Å². The Kier molecular flexibility index (Phi) is 19.2. The van der Waals surface area contributed by atoms with Crippen LogP contribution in [-0.2, 0) is 19.2 Å². The van der Waals surface area contributed by atoms with Gasteiger partial charge < -0.3 is 26.0 Å². The average Bonchev–Trinajstić information content (AvgIpc) is 2.71. The zero-order chi connectivity index (χ0) is 22.5. The summed E-state index contributed by atoms with van der Waals surface area (Å²) in [7, 11) is 0. The van der Waals surface area contributed by atoms with E-state index in [9.17, 15) is 19.2 Å². The van der Waals surface area contributed by atoms with E-state index in [0.29, 0.717) is 19.4 Å². The highest BCUT2D eigenvalue weighted by molar-refractivity contribution is 6.02. The average molecular weight is 427 g/mol. The number of aldehydes is 2. The summed E-state index contributed by atoms with van der Waals surface area (Å²) in [5, 5.41) is 2.83. The minimum atomic E-state index is -1.11. The molecule has 0 heterocycles. The quantitative estimate of drug-likeness (QED) is 0.129. The second-order valence-corrected chi connectivity index (χ2v) is 7.83. The second kappa shape index (κ2) is 20.5. The van der Waals surface area contributed by atoms with Crippen LogP contribution in [0.25, 0.3) is 0 Å². The third-order valence-electron chi connectivity index (χ3n) is 5.16. The van der Waals surface area contributed by atoms with Crippen molar-refractivity contribution in [2.75, 3.05) is 26.2 Å². The van der Waals surface area contributed by atoms with E-state index in [0.717, 1.165) is 103 Å². The van der Waals surface area contributed by atoms with Gasteiger partial charge in [0.05, 0.1) is 0 Å². The highest BCUT2D eigenvalue weighted by Crippen LogP contribution is 2.09. The van der Waals surface area contributed by atoms with E-state index in [1.165, 1.54) is 0 Å². The number of unbranched alkanes of at least 4 members (excludes halogenated alkanes) is 10. The number of hydrogen-bond acceptors (Lipinski definition) is 6. The van der Waals surface area contributed by atoms with Gasteiger partial charge in [-0.3, -0.25) is 14.9 Å². The Labute approximate surface area is 181 Å². The Morgan fingerprint density at radius 1 is 0.667 bits per heavy atom. The summed E-state index contributed by atoms with van der Waals surface area (Å²) in [5.41, 5.74) is 10.4. The second-order valence-electron chi connectivity index (χ2n) is 7.83. The van der Waals surface area contributed by atoms with Gasteiger partial charge in [-0.05, 0) is 58.3 Å². The van der Waals surface area contributed by atoms with Crippen molar-refractivity contribution in [2.45, 2.75) is 89.5 Å². The van der Waals surface area contributed by atoms with Crippen molar-refractivity contribution in [3.63, 3.8) is 0 Å². The first-order chi connectivity index (χ1) is 14.5. The standard InChI is InChI=1S/C22H42N4O4/c23-21(29)20(22(24)30)25-14-13-17-26(15-9-5-1-3-7-11-18-27)16-10-6-2-4-8-12-19-28/h18-20,25H,1-17H2,(H2,23,29)(H2,24,30). The molecule has 0 aromatic rings. The first-order valence-electron chi connectivity index (χ1n) is 11.4. The molecule has 0 saturated heterocycles. The van der Waals surface area contributed by atoms with Crippen LogP contribution in [0.2, 0.25) is 0 Å². The Hall–Kier alpha value is -1.80. The number of amides is 2. The van der Waals surface area contributed by atoms with Crippen LogP contribution in [0.15, 0.2) is 0 Å². The van der Waals surface area contributed by atoms with E-state index in [4.69, 9.17) is 11.5 Å². The molecule has 0 radical (unpaired) electrons. The normalized spacial score (nSPS) is 11.1. The minimum Gasteiger partial charge on any atom is -0.368 e. The third kappa shape index (κ3) is 17.1. The fourth-order valence-corrected chi connectivity index (χ4v) is 3.41. The SMILES string of the molecule is NC(=O)C(NCCCN(CCCCCCCC=O)CCCCCCCC=O)C(N)=O. The summed E-state index contributed by atoms with van der Waals surface area (Å²) in [6.07, 6.45) is 15.1. The van der Waals surface area contributed by atoms with Crippen LogP contribution >= 0.6 is 0 Å². The van der Waals surface area contributed by atoms with Crippen molar-refractivity contribution in [2.24, 2.45) is 11.5 Å². The highest BCUT2D eigenvalue weighted by atomic mass is 16.2. The molecule has 0 unspecified atom stereocenters. The Morgan fingerprint density at radius 3 is 1.50 bits per heavy atom. The molecule has 5 N–H and O–H groups in total. The Bertz CT molecular complexity index is 438. The lowest BCUT2D eigenvalue weighted by Gasteiger charge is -2.23. The Balaban J connectivity index is 4.15. The van der Waals surface area contributed by atoms with Crippen LogP contribution in [-0.4, -0.2) is 61.5 Å². The first kappa shape index (κ1) is 28.2. The van der Waals surface area contributed by atoms with Gasteiger partial charge in [0.2, 0.25) is 11.8 Å². The van der Waals surface area contributed by atoms with Gasteiger partial charge in [-0.1, -0.05) is 38.5 Å². The molecule has 0 spiro atoms. The molecule has 8 nitrogen and oxygen atoms in total. The number of hydrogen-bond donors (Lipinski definition) is 3. The summed E-state index contributed by atoms with van der Waals surface area (Å²) in [5.74, 6) is -1.49. The predicted molar refractivity (Wildman–Crippen MR) is 119 cm³/mol. The van der Waals surface area contributed by atoms with E-state index in [1.807, 2.05) is 0 Å². The predicted octanol–water partition coefficient (Wildman–Crippen LogP) is 1.69. The zero-order valence-corrected chi connectivity index (χ0v) is 18.5. The van der Waals surface area contributed by atoms with Gasteiger partial charge in [0.25, 0.3) is 0 Å². The van der Waals surface area contributed by atoms with Gasteiger partial charge in [0.1, 0.15) is 12.6 Å². The fraction of sp³-hybridized carbons (Fsp3) is 0.818. The van der Waals surface area contributed by atoms with Crippen LogP contribution in [0.4, 0.5) is 0 Å². The van der Waals surface area contributed by atoms with Crippen molar-refractivity contribution in [3.8, 4) is 0 Å². The Morgan fingerprint density at radius 2 is 1.07 bits per heavy atom. The number of nitrogens with one attached hydrogen (secondary N) is 1. The molecule has 8 heteroatoms. The fourth-order valence-electron chi connectivity index (χ4n) is 3.41. The van der Waals surface area contributed by atoms with Crippen molar-refractivity contribution in [1.82, 2.24) is 10.2 Å². The van der Waals surface area contributed by atoms with Crippen LogP contribution in [0.1, 0.15) is 83.5 Å². The minimum absolute atomic E-state index is 0.504. The molecule has 2 amide bonds. The number of primary amides is 2. The van der Waals surface area contributed by atoms with Crippen molar-refractivity contribution >= 4 is 24.4 Å². The largest absolute Gasteiger partial charge is 0.368 e. The lowest BCUT2D eigenvalue weighted by atomic mass is 10.1.